The molecular weight excluding hydrogens is 512 g/mol. The Balaban J connectivity index is 1.60. The molecule has 2 unspecified atom stereocenters. The molecule has 204 valence electrons. The van der Waals surface area contributed by atoms with E-state index in [1.807, 2.05) is 0 Å². The van der Waals surface area contributed by atoms with E-state index in [0.717, 1.165) is 12.1 Å². The fourth-order valence-electron chi connectivity index (χ4n) is 4.09. The van der Waals surface area contributed by atoms with Gasteiger partial charge in [-0.1, -0.05) is 6.07 Å². The average molecular weight is 537 g/mol. The van der Waals surface area contributed by atoms with Crippen LogP contribution in [0, 0.1) is 11.6 Å². The Morgan fingerprint density at radius 2 is 2.03 bits per heavy atom. The number of aliphatic hydroxyl groups excluding tert-OH is 1. The van der Waals surface area contributed by atoms with E-state index in [9.17, 15) is 28.0 Å². The minimum atomic E-state index is -1.13. The number of fused-ring (bicyclic) bond motifs is 2. The van der Waals surface area contributed by atoms with Gasteiger partial charge in [0.25, 0.3) is 11.8 Å². The molecule has 1 fully saturated rings. The SMILES string of the molecule is CC1COC2Cn3cc(C(=O)NCc4ccc(F)cc4F)c(=O)c(OCOC(=O)OCCCO)c3C(=O)N12. The van der Waals surface area contributed by atoms with Gasteiger partial charge in [0.15, 0.2) is 11.9 Å². The molecule has 0 saturated carbocycles. The number of carbonyl (C=O) groups is 3. The highest BCUT2D eigenvalue weighted by Crippen LogP contribution is 2.30. The first-order valence-corrected chi connectivity index (χ1v) is 11.7. The summed E-state index contributed by atoms with van der Waals surface area (Å²) in [7, 11) is 0. The van der Waals surface area contributed by atoms with E-state index >= 15 is 0 Å². The van der Waals surface area contributed by atoms with E-state index < -0.39 is 59.4 Å². The monoisotopic (exact) mass is 537 g/mol. The third-order valence-corrected chi connectivity index (χ3v) is 5.94. The lowest BCUT2D eigenvalue weighted by Crippen LogP contribution is -2.49. The van der Waals surface area contributed by atoms with Gasteiger partial charge in [0.1, 0.15) is 17.2 Å². The summed E-state index contributed by atoms with van der Waals surface area (Å²) in [5, 5.41) is 11.1. The molecule has 1 saturated heterocycles. The second-order valence-electron chi connectivity index (χ2n) is 8.55. The highest BCUT2D eigenvalue weighted by Gasteiger charge is 2.43. The molecule has 0 aliphatic carbocycles. The smallest absolute Gasteiger partial charge is 0.451 e. The third kappa shape index (κ3) is 5.60. The van der Waals surface area contributed by atoms with E-state index in [1.165, 1.54) is 15.7 Å². The number of rotatable bonds is 9. The largest absolute Gasteiger partial charge is 0.511 e. The summed E-state index contributed by atoms with van der Waals surface area (Å²) in [6.07, 6.45) is -0.403. The van der Waals surface area contributed by atoms with Gasteiger partial charge in [-0.2, -0.15) is 0 Å². The topological polar surface area (TPSA) is 146 Å². The lowest BCUT2D eigenvalue weighted by atomic mass is 10.1. The van der Waals surface area contributed by atoms with Crippen molar-refractivity contribution in [1.82, 2.24) is 14.8 Å². The van der Waals surface area contributed by atoms with Crippen LogP contribution < -0.4 is 15.5 Å². The summed E-state index contributed by atoms with van der Waals surface area (Å²) in [5.74, 6) is -3.68. The van der Waals surface area contributed by atoms with Gasteiger partial charge in [-0.25, -0.2) is 13.6 Å². The van der Waals surface area contributed by atoms with Gasteiger partial charge in [0, 0.05) is 37.4 Å². The maximum Gasteiger partial charge on any atom is 0.511 e. The molecule has 0 radical (unpaired) electrons. The fraction of sp³-hybridized carbons (Fsp3) is 0.417. The van der Waals surface area contributed by atoms with Crippen LogP contribution in [-0.4, -0.2) is 71.4 Å². The van der Waals surface area contributed by atoms with Gasteiger partial charge in [-0.05, 0) is 13.0 Å². The van der Waals surface area contributed by atoms with E-state index in [-0.39, 0.29) is 56.6 Å². The third-order valence-electron chi connectivity index (χ3n) is 5.94. The van der Waals surface area contributed by atoms with Crippen LogP contribution in [0.1, 0.15) is 39.8 Å². The number of nitrogens with one attached hydrogen (secondary N) is 1. The summed E-state index contributed by atoms with van der Waals surface area (Å²) < 4.78 is 49.0. The lowest BCUT2D eigenvalue weighted by molar-refractivity contribution is -0.00262. The molecular formula is C24H25F2N3O9. The van der Waals surface area contributed by atoms with Crippen molar-refractivity contribution in [2.45, 2.75) is 38.7 Å². The van der Waals surface area contributed by atoms with Crippen LogP contribution in [-0.2, 0) is 27.3 Å². The van der Waals surface area contributed by atoms with Crippen LogP contribution in [0.25, 0.3) is 0 Å². The van der Waals surface area contributed by atoms with Crippen molar-refractivity contribution in [3.8, 4) is 5.75 Å². The molecule has 0 bridgehead atoms. The Bertz CT molecular complexity index is 1300. The first-order valence-electron chi connectivity index (χ1n) is 11.7. The van der Waals surface area contributed by atoms with Gasteiger partial charge in [0.05, 0.1) is 25.8 Å². The van der Waals surface area contributed by atoms with Gasteiger partial charge < -0.3 is 38.8 Å². The van der Waals surface area contributed by atoms with Crippen molar-refractivity contribution >= 4 is 18.0 Å². The van der Waals surface area contributed by atoms with Crippen molar-refractivity contribution in [3.63, 3.8) is 0 Å². The van der Waals surface area contributed by atoms with Crippen molar-refractivity contribution in [2.24, 2.45) is 0 Å². The number of halogens is 2. The number of carbonyl (C=O) groups excluding carboxylic acids is 3. The summed E-state index contributed by atoms with van der Waals surface area (Å²) in [5.41, 5.74) is -1.57. The second kappa shape index (κ2) is 11.6. The second-order valence-corrected chi connectivity index (χ2v) is 8.55. The Kier molecular flexibility index (Phi) is 8.22. The number of aromatic nitrogens is 1. The van der Waals surface area contributed by atoms with Gasteiger partial charge in [-0.3, -0.25) is 14.4 Å². The van der Waals surface area contributed by atoms with Crippen LogP contribution in [0.2, 0.25) is 0 Å². The zero-order valence-electron chi connectivity index (χ0n) is 20.3. The molecule has 1 aromatic carbocycles. The minimum Gasteiger partial charge on any atom is -0.451 e. The van der Waals surface area contributed by atoms with E-state index in [1.54, 1.807) is 6.92 Å². The molecule has 2 aliphatic rings. The number of aliphatic hydroxyl groups is 1. The van der Waals surface area contributed by atoms with Gasteiger partial charge in [-0.15, -0.1) is 0 Å². The normalized spacial score (nSPS) is 18.0. The van der Waals surface area contributed by atoms with Crippen molar-refractivity contribution < 1.29 is 47.2 Å². The van der Waals surface area contributed by atoms with Crippen LogP contribution in [0.4, 0.5) is 13.6 Å². The molecule has 2 amide bonds. The number of hydrogen-bond acceptors (Lipinski definition) is 9. The summed E-state index contributed by atoms with van der Waals surface area (Å²) in [6.45, 7) is 0.662. The van der Waals surface area contributed by atoms with Crippen LogP contribution in [0.15, 0.2) is 29.2 Å². The number of benzene rings is 1. The molecule has 14 heteroatoms. The number of pyridine rings is 1. The predicted molar refractivity (Wildman–Crippen MR) is 123 cm³/mol. The molecule has 12 nitrogen and oxygen atoms in total. The first kappa shape index (κ1) is 27.0. The molecule has 2 aromatic rings. The number of nitrogens with zero attached hydrogens (tertiary/aromatic N) is 2. The fourth-order valence-corrected chi connectivity index (χ4v) is 4.09. The Hall–Kier alpha value is -4.04. The summed E-state index contributed by atoms with van der Waals surface area (Å²) in [6, 6.07) is 2.56. The lowest BCUT2D eigenvalue weighted by Gasteiger charge is -2.34. The molecule has 4 rings (SSSR count). The minimum absolute atomic E-state index is 0.0124. The summed E-state index contributed by atoms with van der Waals surface area (Å²) >= 11 is 0. The zero-order chi connectivity index (χ0) is 27.4. The Labute approximate surface area is 214 Å². The summed E-state index contributed by atoms with van der Waals surface area (Å²) in [4.78, 5) is 52.6. The van der Waals surface area contributed by atoms with Crippen LogP contribution in [0.5, 0.6) is 5.75 Å². The molecule has 1 aromatic heterocycles. The molecule has 2 N–H and O–H groups in total. The molecule has 0 spiro atoms. The van der Waals surface area contributed by atoms with E-state index in [2.05, 4.69) is 5.32 Å². The van der Waals surface area contributed by atoms with Crippen molar-refractivity contribution in [1.29, 1.82) is 0 Å². The molecule has 2 aliphatic heterocycles. The first-order chi connectivity index (χ1) is 18.2. The van der Waals surface area contributed by atoms with Crippen LogP contribution in [0.3, 0.4) is 0 Å². The maximum atomic E-state index is 14.0. The van der Waals surface area contributed by atoms with E-state index in [0.29, 0.717) is 6.07 Å². The molecule has 2 atom stereocenters. The Morgan fingerprint density at radius 3 is 2.76 bits per heavy atom. The number of hydrogen-bond donors (Lipinski definition) is 2. The number of ether oxygens (including phenoxy) is 4. The zero-order valence-corrected chi connectivity index (χ0v) is 20.3. The maximum absolute atomic E-state index is 14.0. The van der Waals surface area contributed by atoms with Gasteiger partial charge >= 0.3 is 6.16 Å². The van der Waals surface area contributed by atoms with Gasteiger partial charge in [0.2, 0.25) is 18.0 Å². The highest BCUT2D eigenvalue weighted by atomic mass is 19.1. The van der Waals surface area contributed by atoms with Crippen molar-refractivity contribution in [3.05, 3.63) is 63.1 Å². The van der Waals surface area contributed by atoms with Crippen LogP contribution >= 0.6 is 0 Å². The standard InChI is InChI=1S/C24H25F2N3O9/c1-13-11-36-18-10-28-9-16(22(32)27-8-14-3-4-15(25)7-17(14)26)20(31)21(19(28)23(33)29(13)18)37-12-38-24(34)35-6-2-5-30/h3-4,7,9,13,18,30H,2,5-6,8,10-12H2,1H3,(H,27,32). The van der Waals surface area contributed by atoms with Crippen molar-refractivity contribution in [2.75, 3.05) is 26.6 Å². The Morgan fingerprint density at radius 1 is 1.24 bits per heavy atom. The predicted octanol–water partition coefficient (Wildman–Crippen LogP) is 1.13. The molecule has 3 heterocycles. The molecule has 38 heavy (non-hydrogen) atoms. The highest BCUT2D eigenvalue weighted by molar-refractivity contribution is 5.99. The quantitative estimate of drug-likeness (QED) is 0.273. The number of amides is 2. The average Bonchev–Trinajstić information content (AvgIpc) is 3.25. The van der Waals surface area contributed by atoms with E-state index in [4.69, 9.17) is 24.1 Å².